The third kappa shape index (κ3) is 4.22. The average Bonchev–Trinajstić information content (AvgIpc) is 3.02. The summed E-state index contributed by atoms with van der Waals surface area (Å²) in [5, 5.41) is 12.2. The van der Waals surface area contributed by atoms with Gasteiger partial charge in [0.05, 0.1) is 11.0 Å². The number of aromatic nitrogens is 2. The highest BCUT2D eigenvalue weighted by Crippen LogP contribution is 2.30. The molecule has 1 aromatic carbocycles. The van der Waals surface area contributed by atoms with Crippen LogP contribution in [0.1, 0.15) is 38.1 Å². The lowest BCUT2D eigenvalue weighted by atomic mass is 9.93. The maximum absolute atomic E-state index is 13.0. The predicted molar refractivity (Wildman–Crippen MR) is 117 cm³/mol. The predicted octanol–water partition coefficient (Wildman–Crippen LogP) is 1.33. The Bertz CT molecular complexity index is 988. The molecule has 0 spiro atoms. The number of carbonyl (C=O) groups excluding carboxylic acids is 1. The molecular formula is C22H32N4O5. The second kappa shape index (κ2) is 9.02. The molecule has 0 saturated carbocycles. The number of hydrogen-bond acceptors (Lipinski definition) is 6. The van der Waals surface area contributed by atoms with Gasteiger partial charge in [0.2, 0.25) is 5.91 Å². The minimum atomic E-state index is -0.841. The second-order valence-corrected chi connectivity index (χ2v) is 8.57. The fourth-order valence-corrected chi connectivity index (χ4v) is 4.86. The molecule has 9 heteroatoms. The number of rotatable bonds is 6. The van der Waals surface area contributed by atoms with Crippen LogP contribution >= 0.6 is 0 Å². The number of imidazole rings is 1. The molecule has 9 nitrogen and oxygen atoms in total. The van der Waals surface area contributed by atoms with Crippen LogP contribution < -0.4 is 15.9 Å². The number of nitrogens with zero attached hydrogens (tertiary/aromatic N) is 3. The number of fused-ring (bicyclic) bond motifs is 1. The maximum Gasteiger partial charge on any atom is 0.329 e. The molecule has 0 bridgehead atoms. The van der Waals surface area contributed by atoms with Crippen LogP contribution in [-0.4, -0.2) is 60.0 Å². The fraction of sp³-hybridized carbons (Fsp3) is 0.636. The van der Waals surface area contributed by atoms with Crippen molar-refractivity contribution in [2.45, 2.75) is 50.7 Å². The zero-order valence-corrected chi connectivity index (χ0v) is 18.4. The van der Waals surface area contributed by atoms with Crippen LogP contribution in [0.15, 0.2) is 23.0 Å². The van der Waals surface area contributed by atoms with Crippen molar-refractivity contribution >= 4 is 22.6 Å². The Labute approximate surface area is 181 Å². The van der Waals surface area contributed by atoms with Crippen LogP contribution in [0.2, 0.25) is 0 Å². The Hall–Kier alpha value is -2.36. The molecule has 2 atom stereocenters. The quantitative estimate of drug-likeness (QED) is 0.669. The summed E-state index contributed by atoms with van der Waals surface area (Å²) in [6.07, 6.45) is 2.89. The Kier molecular flexibility index (Phi) is 6.36. The van der Waals surface area contributed by atoms with E-state index in [-0.39, 0.29) is 17.9 Å². The zero-order chi connectivity index (χ0) is 22.1. The average molecular weight is 433 g/mol. The van der Waals surface area contributed by atoms with Gasteiger partial charge in [-0.25, -0.2) is 4.79 Å². The van der Waals surface area contributed by atoms with E-state index in [1.54, 1.807) is 30.4 Å². The summed E-state index contributed by atoms with van der Waals surface area (Å²) in [5.41, 5.74) is 2.41. The standard InChI is InChI=1S/C22H32N4O5/c1-24-18-13-15(25-10-8-14(9-11-25)12-20(30-2)31-3)4-5-16(18)26(22(24)29)17-6-7-19(27)23-21(17)28/h4-5,13-14,17,19-20,27H,6-12H2,1-3H3,(H,23,28). The van der Waals surface area contributed by atoms with Crippen molar-refractivity contribution in [1.82, 2.24) is 14.5 Å². The molecule has 0 aliphatic carbocycles. The first kappa shape index (κ1) is 21.9. The highest BCUT2D eigenvalue weighted by atomic mass is 16.7. The molecule has 170 valence electrons. The van der Waals surface area contributed by atoms with Crippen LogP contribution in [0, 0.1) is 5.92 Å². The normalized spacial score (nSPS) is 23.0. The highest BCUT2D eigenvalue weighted by molar-refractivity contribution is 5.86. The maximum atomic E-state index is 13.0. The van der Waals surface area contributed by atoms with Gasteiger partial charge in [-0.2, -0.15) is 0 Å². The highest BCUT2D eigenvalue weighted by Gasteiger charge is 2.31. The molecule has 3 heterocycles. The molecule has 2 N–H and O–H groups in total. The Balaban J connectivity index is 1.54. The zero-order valence-electron chi connectivity index (χ0n) is 18.4. The van der Waals surface area contributed by atoms with Gasteiger partial charge in [0.25, 0.3) is 0 Å². The molecule has 1 amide bonds. The molecule has 1 aromatic heterocycles. The molecule has 4 rings (SSSR count). The van der Waals surface area contributed by atoms with E-state index in [0.29, 0.717) is 18.8 Å². The molecule has 2 fully saturated rings. The van der Waals surface area contributed by atoms with Gasteiger partial charge in [-0.1, -0.05) is 0 Å². The third-order valence-corrected chi connectivity index (χ3v) is 6.74. The van der Waals surface area contributed by atoms with Gasteiger partial charge in [0.1, 0.15) is 12.3 Å². The van der Waals surface area contributed by atoms with Gasteiger partial charge in [-0.05, 0) is 49.8 Å². The van der Waals surface area contributed by atoms with Gasteiger partial charge >= 0.3 is 5.69 Å². The summed E-state index contributed by atoms with van der Waals surface area (Å²) in [7, 11) is 5.09. The Morgan fingerprint density at radius 3 is 2.45 bits per heavy atom. The number of aryl methyl sites for hydroxylation is 1. The van der Waals surface area contributed by atoms with Gasteiger partial charge in [-0.3, -0.25) is 13.9 Å². The lowest BCUT2D eigenvalue weighted by Crippen LogP contribution is -2.46. The fourth-order valence-electron chi connectivity index (χ4n) is 4.86. The summed E-state index contributed by atoms with van der Waals surface area (Å²) < 4.78 is 13.8. The molecule has 2 aliphatic heterocycles. The number of aliphatic hydroxyl groups excluding tert-OH is 1. The number of ether oxygens (including phenoxy) is 2. The van der Waals surface area contributed by atoms with Crippen molar-refractivity contribution in [2.75, 3.05) is 32.2 Å². The van der Waals surface area contributed by atoms with E-state index < -0.39 is 12.3 Å². The monoisotopic (exact) mass is 432 g/mol. The first-order valence-corrected chi connectivity index (χ1v) is 10.9. The largest absolute Gasteiger partial charge is 0.374 e. The van der Waals surface area contributed by atoms with Crippen molar-refractivity contribution in [2.24, 2.45) is 13.0 Å². The lowest BCUT2D eigenvalue weighted by Gasteiger charge is -2.34. The molecular weight excluding hydrogens is 400 g/mol. The van der Waals surface area contributed by atoms with Gasteiger partial charge < -0.3 is 24.8 Å². The van der Waals surface area contributed by atoms with Crippen molar-refractivity contribution in [3.8, 4) is 0 Å². The smallest absolute Gasteiger partial charge is 0.329 e. The van der Waals surface area contributed by atoms with Crippen molar-refractivity contribution in [1.29, 1.82) is 0 Å². The molecule has 0 radical (unpaired) electrons. The minimum Gasteiger partial charge on any atom is -0.374 e. The third-order valence-electron chi connectivity index (χ3n) is 6.74. The Morgan fingerprint density at radius 2 is 1.81 bits per heavy atom. The van der Waals surface area contributed by atoms with Crippen molar-refractivity contribution in [3.05, 3.63) is 28.7 Å². The summed E-state index contributed by atoms with van der Waals surface area (Å²) in [4.78, 5) is 27.7. The van der Waals surface area contributed by atoms with Crippen molar-refractivity contribution < 1.29 is 19.4 Å². The van der Waals surface area contributed by atoms with Crippen LogP contribution in [0.3, 0.4) is 0 Å². The molecule has 2 aromatic rings. The van der Waals surface area contributed by atoms with Crippen LogP contribution in [0.25, 0.3) is 11.0 Å². The molecule has 2 unspecified atom stereocenters. The molecule has 31 heavy (non-hydrogen) atoms. The lowest BCUT2D eigenvalue weighted by molar-refractivity contribution is -0.130. The number of piperidine rings is 2. The van der Waals surface area contributed by atoms with E-state index >= 15 is 0 Å². The van der Waals surface area contributed by atoms with Crippen LogP contribution in [0.5, 0.6) is 0 Å². The SMILES string of the molecule is COC(CC1CCN(c2ccc3c(c2)n(C)c(=O)n3C2CCC(O)NC2=O)CC1)OC. The van der Waals surface area contributed by atoms with E-state index in [1.165, 1.54) is 0 Å². The van der Waals surface area contributed by atoms with Gasteiger partial charge in [0.15, 0.2) is 6.29 Å². The number of carbonyl (C=O) groups is 1. The second-order valence-electron chi connectivity index (χ2n) is 8.57. The van der Waals surface area contributed by atoms with E-state index in [9.17, 15) is 14.7 Å². The van der Waals surface area contributed by atoms with Crippen molar-refractivity contribution in [3.63, 3.8) is 0 Å². The van der Waals surface area contributed by atoms with E-state index in [1.807, 2.05) is 18.2 Å². The number of amides is 1. The number of anilines is 1. The van der Waals surface area contributed by atoms with E-state index in [0.717, 1.165) is 49.1 Å². The number of methoxy groups -OCH3 is 2. The number of benzene rings is 1. The first-order valence-electron chi connectivity index (χ1n) is 10.9. The topological polar surface area (TPSA) is 98.0 Å². The van der Waals surface area contributed by atoms with Gasteiger partial charge in [-0.15, -0.1) is 0 Å². The summed E-state index contributed by atoms with van der Waals surface area (Å²) in [6, 6.07) is 5.40. The first-order chi connectivity index (χ1) is 14.9. The summed E-state index contributed by atoms with van der Waals surface area (Å²) in [6.45, 7) is 1.88. The number of aliphatic hydroxyl groups is 1. The number of hydrogen-bond donors (Lipinski definition) is 2. The molecule has 2 saturated heterocycles. The van der Waals surface area contributed by atoms with Crippen LogP contribution in [0.4, 0.5) is 5.69 Å². The van der Waals surface area contributed by atoms with Gasteiger partial charge in [0, 0.05) is 46.5 Å². The summed E-state index contributed by atoms with van der Waals surface area (Å²) >= 11 is 0. The number of nitrogens with one attached hydrogen (secondary N) is 1. The molecule has 2 aliphatic rings. The van der Waals surface area contributed by atoms with E-state index in [2.05, 4.69) is 10.2 Å². The Morgan fingerprint density at radius 1 is 1.10 bits per heavy atom. The summed E-state index contributed by atoms with van der Waals surface area (Å²) in [5.74, 6) is 0.250. The minimum absolute atomic E-state index is 0.153. The van der Waals surface area contributed by atoms with E-state index in [4.69, 9.17) is 9.47 Å². The van der Waals surface area contributed by atoms with Crippen LogP contribution in [-0.2, 0) is 21.3 Å².